The summed E-state index contributed by atoms with van der Waals surface area (Å²) in [5.41, 5.74) is 1.29. The number of aromatic nitrogens is 3. The second-order valence-electron chi connectivity index (χ2n) is 10.3. The highest BCUT2D eigenvalue weighted by molar-refractivity contribution is 5.99. The minimum atomic E-state index is -1.13. The van der Waals surface area contributed by atoms with Gasteiger partial charge in [0.15, 0.2) is 0 Å². The van der Waals surface area contributed by atoms with Crippen LogP contribution in [0.2, 0.25) is 0 Å². The first kappa shape index (κ1) is 24.5. The fraction of sp³-hybridized carbons (Fsp3) is 0.444. The van der Waals surface area contributed by atoms with Gasteiger partial charge in [-0.25, -0.2) is 4.68 Å². The van der Waals surface area contributed by atoms with Gasteiger partial charge in [0, 0.05) is 6.54 Å². The van der Waals surface area contributed by atoms with E-state index in [0.717, 1.165) is 11.1 Å². The minimum Gasteiger partial charge on any atom is -0.394 e. The lowest BCUT2D eigenvalue weighted by molar-refractivity contribution is -0.145. The van der Waals surface area contributed by atoms with E-state index >= 15 is 0 Å². The number of hydrogen-bond acceptors (Lipinski definition) is 7. The third kappa shape index (κ3) is 3.76. The van der Waals surface area contributed by atoms with Crippen molar-refractivity contribution < 1.29 is 24.2 Å². The van der Waals surface area contributed by atoms with Crippen LogP contribution >= 0.6 is 0 Å². The molecule has 11 nitrogen and oxygen atoms in total. The number of rotatable bonds is 8. The lowest BCUT2D eigenvalue weighted by Crippen LogP contribution is -2.57. The number of aliphatic hydroxyl groups excluding tert-OH is 1. The van der Waals surface area contributed by atoms with Crippen molar-refractivity contribution >= 4 is 28.8 Å². The van der Waals surface area contributed by atoms with Crippen molar-refractivity contribution in [1.29, 1.82) is 0 Å². The van der Waals surface area contributed by atoms with Crippen LogP contribution in [0, 0.1) is 11.8 Å². The predicted octanol–water partition coefficient (Wildman–Crippen LogP) is 0.577. The van der Waals surface area contributed by atoms with Crippen molar-refractivity contribution in [2.75, 3.05) is 6.61 Å². The zero-order chi connectivity index (χ0) is 26.4. The Morgan fingerprint density at radius 2 is 1.89 bits per heavy atom. The average Bonchev–Trinajstić information content (AvgIpc) is 3.69. The summed E-state index contributed by atoms with van der Waals surface area (Å²) in [6, 6.07) is 15.4. The number of hydrogen-bond donors (Lipinski definition) is 3. The average molecular weight is 519 g/mol. The molecule has 0 aliphatic carbocycles. The molecule has 0 radical (unpaired) electrons. The number of fused-ring (bicyclic) bond motifs is 2. The first-order chi connectivity index (χ1) is 18.4. The van der Waals surface area contributed by atoms with Crippen LogP contribution in [0.1, 0.15) is 25.3 Å². The van der Waals surface area contributed by atoms with Crippen molar-refractivity contribution in [3.05, 3.63) is 60.2 Å². The van der Waals surface area contributed by atoms with Gasteiger partial charge in [-0.2, -0.15) is 0 Å². The molecule has 1 aromatic heterocycles. The molecule has 6 atom stereocenters. The first-order valence-corrected chi connectivity index (χ1v) is 12.9. The summed E-state index contributed by atoms with van der Waals surface area (Å²) in [7, 11) is 0. The van der Waals surface area contributed by atoms with E-state index in [-0.39, 0.29) is 25.1 Å². The summed E-state index contributed by atoms with van der Waals surface area (Å²) in [5, 5.41) is 24.0. The maximum Gasteiger partial charge on any atom is 0.247 e. The van der Waals surface area contributed by atoms with Crippen LogP contribution in [0.15, 0.2) is 54.6 Å². The quantitative estimate of drug-likeness (QED) is 0.396. The van der Waals surface area contributed by atoms with Crippen LogP contribution < -0.4 is 10.6 Å². The summed E-state index contributed by atoms with van der Waals surface area (Å²) in [5.74, 6) is -2.50. The second-order valence-corrected chi connectivity index (χ2v) is 10.3. The number of carbonyl (C=O) groups is 3. The highest BCUT2D eigenvalue weighted by atomic mass is 16.5. The van der Waals surface area contributed by atoms with E-state index in [1.54, 1.807) is 11.6 Å². The number of benzene rings is 2. The van der Waals surface area contributed by atoms with Gasteiger partial charge in [-0.1, -0.05) is 47.7 Å². The minimum absolute atomic E-state index is 0.0521. The molecule has 2 aromatic carbocycles. The van der Waals surface area contributed by atoms with E-state index in [9.17, 15) is 19.5 Å². The zero-order valence-electron chi connectivity index (χ0n) is 21.0. The van der Waals surface area contributed by atoms with Crippen LogP contribution in [-0.4, -0.2) is 73.1 Å². The van der Waals surface area contributed by atoms with E-state index in [1.165, 1.54) is 4.90 Å². The van der Waals surface area contributed by atoms with Crippen LogP contribution in [0.25, 0.3) is 11.0 Å². The van der Waals surface area contributed by atoms with Gasteiger partial charge in [0.05, 0.1) is 36.1 Å². The van der Waals surface area contributed by atoms with Crippen LogP contribution in [-0.2, 0) is 32.3 Å². The summed E-state index contributed by atoms with van der Waals surface area (Å²) in [6.45, 7) is 1.76. The van der Waals surface area contributed by atoms with Gasteiger partial charge in [0.25, 0.3) is 0 Å². The zero-order valence-corrected chi connectivity index (χ0v) is 21.0. The van der Waals surface area contributed by atoms with Crippen LogP contribution in [0.5, 0.6) is 0 Å². The Morgan fingerprint density at radius 3 is 2.68 bits per heavy atom. The summed E-state index contributed by atoms with van der Waals surface area (Å²) < 4.78 is 7.98. The Hall–Kier alpha value is -3.83. The van der Waals surface area contributed by atoms with Gasteiger partial charge < -0.3 is 25.4 Å². The summed E-state index contributed by atoms with van der Waals surface area (Å²) >= 11 is 0. The number of amides is 3. The molecule has 3 aliphatic rings. The van der Waals surface area contributed by atoms with E-state index < -0.39 is 41.5 Å². The summed E-state index contributed by atoms with van der Waals surface area (Å²) in [4.78, 5) is 42.4. The monoisotopic (exact) mass is 518 g/mol. The van der Waals surface area contributed by atoms with Gasteiger partial charge in [0.2, 0.25) is 17.7 Å². The van der Waals surface area contributed by atoms with Crippen molar-refractivity contribution in [2.24, 2.45) is 11.8 Å². The number of nitrogens with one attached hydrogen (secondary N) is 2. The molecule has 3 aliphatic heterocycles. The molecular weight excluding hydrogens is 488 g/mol. The fourth-order valence-electron chi connectivity index (χ4n) is 6.44. The molecule has 11 heteroatoms. The fourth-order valence-corrected chi connectivity index (χ4v) is 6.44. The number of aliphatic hydroxyl groups is 1. The van der Waals surface area contributed by atoms with E-state index in [4.69, 9.17) is 4.74 Å². The van der Waals surface area contributed by atoms with Gasteiger partial charge in [-0.05, 0) is 37.5 Å². The number of likely N-dealkylation sites (tertiary alicyclic amines) is 1. The Morgan fingerprint density at radius 1 is 1.13 bits per heavy atom. The molecular formula is C27H30N6O5. The lowest BCUT2D eigenvalue weighted by Gasteiger charge is -2.35. The third-order valence-corrected chi connectivity index (χ3v) is 8.16. The first-order valence-electron chi connectivity index (χ1n) is 12.9. The molecule has 3 saturated heterocycles. The molecule has 198 valence electrons. The van der Waals surface area contributed by atoms with Gasteiger partial charge in [-0.3, -0.25) is 14.4 Å². The van der Waals surface area contributed by atoms with Crippen LogP contribution in [0.3, 0.4) is 0 Å². The van der Waals surface area contributed by atoms with Crippen molar-refractivity contribution in [3.63, 3.8) is 0 Å². The Kier molecular flexibility index (Phi) is 6.11. The molecule has 6 rings (SSSR count). The third-order valence-electron chi connectivity index (χ3n) is 8.16. The van der Waals surface area contributed by atoms with Crippen molar-refractivity contribution in [2.45, 2.75) is 56.8 Å². The second kappa shape index (κ2) is 9.48. The maximum absolute atomic E-state index is 13.8. The predicted molar refractivity (Wildman–Crippen MR) is 135 cm³/mol. The van der Waals surface area contributed by atoms with E-state index in [2.05, 4.69) is 20.9 Å². The maximum atomic E-state index is 13.8. The van der Waals surface area contributed by atoms with Gasteiger partial charge >= 0.3 is 0 Å². The smallest absolute Gasteiger partial charge is 0.247 e. The Bertz CT molecular complexity index is 1380. The highest BCUT2D eigenvalue weighted by Crippen LogP contribution is 2.58. The molecule has 1 spiro atoms. The highest BCUT2D eigenvalue weighted by Gasteiger charge is 2.74. The normalized spacial score (nSPS) is 28.5. The molecule has 3 amide bonds. The molecule has 38 heavy (non-hydrogen) atoms. The van der Waals surface area contributed by atoms with Crippen molar-refractivity contribution in [3.8, 4) is 0 Å². The number of nitrogens with zero attached hydrogens (tertiary/aromatic N) is 4. The van der Waals surface area contributed by atoms with E-state index in [0.29, 0.717) is 24.9 Å². The Balaban J connectivity index is 1.25. The number of carbonyl (C=O) groups excluding carboxylic acids is 3. The topological polar surface area (TPSA) is 139 Å². The van der Waals surface area contributed by atoms with Gasteiger partial charge in [0.1, 0.15) is 23.8 Å². The molecule has 3 aromatic rings. The molecule has 0 saturated carbocycles. The lowest BCUT2D eigenvalue weighted by atomic mass is 9.70. The number of para-hydroxylation sites is 1. The molecule has 3 fully saturated rings. The largest absolute Gasteiger partial charge is 0.394 e. The summed E-state index contributed by atoms with van der Waals surface area (Å²) in [6.07, 6.45) is 0.613. The van der Waals surface area contributed by atoms with Crippen molar-refractivity contribution in [1.82, 2.24) is 30.5 Å². The van der Waals surface area contributed by atoms with Gasteiger partial charge in [-0.15, -0.1) is 5.10 Å². The molecule has 4 heterocycles. The molecule has 2 unspecified atom stereocenters. The standard InChI is InChI=1S/C27H30N6O5/c1-16(14-34)33-23(25(36)29-15-32-19-10-6-5-9-18(19)30-31-32)27-12-11-20(38-27)21(22(27)26(33)37)24(35)28-13-17-7-3-2-4-8-17/h2-10,16,20-23,34H,11-15H2,1H3,(H,28,35)(H,29,36)/t16-,20-,21+,22+,23?,27?/m1/s1. The SMILES string of the molecule is C[C@H](CO)N1C(=O)[C@@H]2[C@@H](C(=O)NCc3ccccc3)[C@H]3CCC2(O3)C1C(=O)NCn1nnc2ccccc21. The van der Waals surface area contributed by atoms with Crippen LogP contribution in [0.4, 0.5) is 0 Å². The number of ether oxygens (including phenoxy) is 1. The molecule has 2 bridgehead atoms. The van der Waals surface area contributed by atoms with E-state index in [1.807, 2.05) is 54.6 Å². The molecule has 3 N–H and O–H groups in total. The Labute approximate surface area is 219 Å².